The van der Waals surface area contributed by atoms with E-state index < -0.39 is 0 Å². The number of hydrogen-bond donors (Lipinski definition) is 1. The molecule has 0 unspecified atom stereocenters. The van der Waals surface area contributed by atoms with Crippen LogP contribution in [0.25, 0.3) is 20.7 Å². The summed E-state index contributed by atoms with van der Waals surface area (Å²) < 4.78 is 2.09. The molecule has 1 N–H and O–H groups in total. The maximum Gasteiger partial charge on any atom is 0.324 e. The molecular weight excluding hydrogens is 408 g/mol. The van der Waals surface area contributed by atoms with E-state index in [0.29, 0.717) is 35.0 Å². The normalized spacial score (nSPS) is 13.7. The molecule has 3 amide bonds. The number of thioether (sulfide) groups is 1. The second kappa shape index (κ2) is 8.22. The SMILES string of the molecule is C=CCn1c(SCC(=O)N2CCNC2=O)nc2cc(-c3ccccc3)sc2c1=O. The number of allylic oxidation sites excluding steroid dienone is 1. The van der Waals surface area contributed by atoms with E-state index in [-0.39, 0.29) is 23.3 Å². The molecule has 0 spiro atoms. The van der Waals surface area contributed by atoms with Gasteiger partial charge < -0.3 is 5.32 Å². The van der Waals surface area contributed by atoms with E-state index in [0.717, 1.165) is 22.2 Å². The van der Waals surface area contributed by atoms with Gasteiger partial charge in [0.1, 0.15) is 4.70 Å². The smallest absolute Gasteiger partial charge is 0.324 e. The summed E-state index contributed by atoms with van der Waals surface area (Å²) in [5.74, 6) is -0.280. The van der Waals surface area contributed by atoms with Gasteiger partial charge in [0.2, 0.25) is 5.91 Å². The highest BCUT2D eigenvalue weighted by molar-refractivity contribution is 7.99. The van der Waals surface area contributed by atoms with Crippen LogP contribution in [0.2, 0.25) is 0 Å². The van der Waals surface area contributed by atoms with Crippen molar-refractivity contribution >= 4 is 45.3 Å². The van der Waals surface area contributed by atoms with Gasteiger partial charge in [-0.05, 0) is 11.6 Å². The van der Waals surface area contributed by atoms with Gasteiger partial charge in [0.05, 0.1) is 11.3 Å². The fourth-order valence-electron chi connectivity index (χ4n) is 3.05. The molecule has 9 heteroatoms. The molecular formula is C20H18N4O3S2. The summed E-state index contributed by atoms with van der Waals surface area (Å²) in [5.41, 5.74) is 1.47. The molecule has 2 aromatic heterocycles. The van der Waals surface area contributed by atoms with Gasteiger partial charge in [-0.25, -0.2) is 9.78 Å². The number of nitrogens with one attached hydrogen (secondary N) is 1. The van der Waals surface area contributed by atoms with Crippen molar-refractivity contribution in [3.8, 4) is 10.4 Å². The monoisotopic (exact) mass is 426 g/mol. The summed E-state index contributed by atoms with van der Waals surface area (Å²) in [5, 5.41) is 3.04. The molecule has 29 heavy (non-hydrogen) atoms. The standard InChI is InChI=1S/C20H18N4O3S2/c1-2-9-24-18(26)17-14(11-15(29-17)13-6-4-3-5-7-13)22-20(24)28-12-16(25)23-10-8-21-19(23)27/h2-7,11H,1,8-10,12H2,(H,21,27). The van der Waals surface area contributed by atoms with Crippen molar-refractivity contribution in [2.24, 2.45) is 0 Å². The summed E-state index contributed by atoms with van der Waals surface area (Å²) in [7, 11) is 0. The van der Waals surface area contributed by atoms with Gasteiger partial charge in [0, 0.05) is 24.5 Å². The quantitative estimate of drug-likeness (QED) is 0.372. The maximum absolute atomic E-state index is 13.0. The number of amides is 3. The van der Waals surface area contributed by atoms with Crippen LogP contribution in [0.1, 0.15) is 0 Å². The Morgan fingerprint density at radius 3 is 2.79 bits per heavy atom. The highest BCUT2D eigenvalue weighted by Gasteiger charge is 2.26. The number of carbonyl (C=O) groups is 2. The van der Waals surface area contributed by atoms with Crippen molar-refractivity contribution in [1.82, 2.24) is 19.8 Å². The minimum Gasteiger partial charge on any atom is -0.336 e. The molecule has 0 aliphatic carbocycles. The molecule has 1 aromatic carbocycles. The van der Waals surface area contributed by atoms with Crippen LogP contribution in [0.3, 0.4) is 0 Å². The lowest BCUT2D eigenvalue weighted by Gasteiger charge is -2.13. The Morgan fingerprint density at radius 1 is 1.31 bits per heavy atom. The van der Waals surface area contributed by atoms with E-state index in [4.69, 9.17) is 0 Å². The van der Waals surface area contributed by atoms with Crippen LogP contribution >= 0.6 is 23.1 Å². The van der Waals surface area contributed by atoms with Crippen LogP contribution in [0.5, 0.6) is 0 Å². The summed E-state index contributed by atoms with van der Waals surface area (Å²) in [6.45, 7) is 4.82. The molecule has 0 saturated carbocycles. The Labute approximate surface area is 175 Å². The molecule has 0 atom stereocenters. The number of thiophene rings is 1. The number of imide groups is 1. The maximum atomic E-state index is 13.0. The summed E-state index contributed by atoms with van der Waals surface area (Å²) in [4.78, 5) is 43.8. The van der Waals surface area contributed by atoms with Crippen molar-refractivity contribution in [2.75, 3.05) is 18.8 Å². The van der Waals surface area contributed by atoms with Crippen molar-refractivity contribution in [3.63, 3.8) is 0 Å². The molecule has 0 bridgehead atoms. The van der Waals surface area contributed by atoms with Gasteiger partial charge in [-0.3, -0.25) is 19.1 Å². The Hall–Kier alpha value is -2.91. The third kappa shape index (κ3) is 3.83. The van der Waals surface area contributed by atoms with Gasteiger partial charge in [0.15, 0.2) is 5.16 Å². The van der Waals surface area contributed by atoms with Crippen molar-refractivity contribution in [3.05, 3.63) is 59.4 Å². The first-order chi connectivity index (χ1) is 14.1. The number of carbonyl (C=O) groups excluding carboxylic acids is 2. The van der Waals surface area contributed by atoms with Crippen molar-refractivity contribution in [2.45, 2.75) is 11.7 Å². The van der Waals surface area contributed by atoms with Crippen LogP contribution in [-0.4, -0.2) is 45.2 Å². The Kier molecular flexibility index (Phi) is 5.50. The molecule has 1 aliphatic rings. The number of urea groups is 1. The lowest BCUT2D eigenvalue weighted by molar-refractivity contribution is -0.124. The molecule has 1 saturated heterocycles. The summed E-state index contributed by atoms with van der Waals surface area (Å²) >= 11 is 2.56. The first kappa shape index (κ1) is 19.4. The number of hydrogen-bond acceptors (Lipinski definition) is 6. The van der Waals surface area contributed by atoms with Gasteiger partial charge in [-0.2, -0.15) is 0 Å². The van der Waals surface area contributed by atoms with E-state index in [1.165, 1.54) is 20.8 Å². The fourth-order valence-corrected chi connectivity index (χ4v) is 4.98. The van der Waals surface area contributed by atoms with E-state index in [1.54, 1.807) is 6.08 Å². The van der Waals surface area contributed by atoms with E-state index in [2.05, 4.69) is 16.9 Å². The van der Waals surface area contributed by atoms with Gasteiger partial charge >= 0.3 is 6.03 Å². The average molecular weight is 427 g/mol. The molecule has 148 valence electrons. The average Bonchev–Trinajstić information content (AvgIpc) is 3.36. The predicted molar refractivity (Wildman–Crippen MR) is 115 cm³/mol. The fraction of sp³-hybridized carbons (Fsp3) is 0.200. The minimum atomic E-state index is -0.382. The largest absolute Gasteiger partial charge is 0.336 e. The second-order valence-electron chi connectivity index (χ2n) is 6.36. The number of fused-ring (bicyclic) bond motifs is 1. The van der Waals surface area contributed by atoms with E-state index in [9.17, 15) is 14.4 Å². The van der Waals surface area contributed by atoms with Crippen molar-refractivity contribution in [1.29, 1.82) is 0 Å². The second-order valence-corrected chi connectivity index (χ2v) is 8.35. The zero-order chi connectivity index (χ0) is 20.4. The van der Waals surface area contributed by atoms with Crippen LogP contribution in [-0.2, 0) is 11.3 Å². The van der Waals surface area contributed by atoms with E-state index >= 15 is 0 Å². The summed E-state index contributed by atoms with van der Waals surface area (Å²) in [6.07, 6.45) is 1.63. The lowest BCUT2D eigenvalue weighted by Crippen LogP contribution is -2.35. The Balaban J connectivity index is 1.68. The predicted octanol–water partition coefficient (Wildman–Crippen LogP) is 2.95. The third-order valence-electron chi connectivity index (χ3n) is 4.45. The Bertz CT molecular complexity index is 1150. The van der Waals surface area contributed by atoms with E-state index in [1.807, 2.05) is 36.4 Å². The minimum absolute atomic E-state index is 0.0260. The van der Waals surface area contributed by atoms with Crippen LogP contribution in [0.4, 0.5) is 4.79 Å². The zero-order valence-electron chi connectivity index (χ0n) is 15.5. The molecule has 1 fully saturated rings. The number of nitrogens with zero attached hydrogens (tertiary/aromatic N) is 3. The lowest BCUT2D eigenvalue weighted by atomic mass is 10.2. The zero-order valence-corrected chi connectivity index (χ0v) is 17.1. The first-order valence-corrected chi connectivity index (χ1v) is 10.8. The van der Waals surface area contributed by atoms with Crippen LogP contribution < -0.4 is 10.9 Å². The number of benzene rings is 1. The van der Waals surface area contributed by atoms with Gasteiger partial charge in [-0.15, -0.1) is 17.9 Å². The van der Waals surface area contributed by atoms with Gasteiger partial charge in [-0.1, -0.05) is 48.2 Å². The molecule has 1 aliphatic heterocycles. The topological polar surface area (TPSA) is 84.3 Å². The molecule has 0 radical (unpaired) electrons. The highest BCUT2D eigenvalue weighted by atomic mass is 32.2. The highest BCUT2D eigenvalue weighted by Crippen LogP contribution is 2.32. The first-order valence-electron chi connectivity index (χ1n) is 9.00. The molecule has 3 aromatic rings. The molecule has 4 rings (SSSR count). The molecule has 7 nitrogen and oxygen atoms in total. The molecule has 3 heterocycles. The Morgan fingerprint density at radius 2 is 2.10 bits per heavy atom. The van der Waals surface area contributed by atoms with Gasteiger partial charge in [0.25, 0.3) is 5.56 Å². The van der Waals surface area contributed by atoms with Crippen LogP contribution in [0.15, 0.2) is 59.0 Å². The number of aromatic nitrogens is 2. The van der Waals surface area contributed by atoms with Crippen molar-refractivity contribution < 1.29 is 9.59 Å². The van der Waals surface area contributed by atoms with Crippen LogP contribution in [0, 0.1) is 0 Å². The number of rotatable bonds is 6. The third-order valence-corrected chi connectivity index (χ3v) is 6.57. The summed E-state index contributed by atoms with van der Waals surface area (Å²) in [6, 6.07) is 11.3.